The summed E-state index contributed by atoms with van der Waals surface area (Å²) >= 11 is 0. The number of anilines is 1. The topological polar surface area (TPSA) is 109 Å². The van der Waals surface area contributed by atoms with Crippen LogP contribution in [0.1, 0.15) is 53.2 Å². The molecule has 2 heterocycles. The lowest BCUT2D eigenvalue weighted by molar-refractivity contribution is -0.138. The van der Waals surface area contributed by atoms with Crippen molar-refractivity contribution in [3.05, 3.63) is 75.9 Å². The fourth-order valence-corrected chi connectivity index (χ4v) is 4.90. The minimum atomic E-state index is -4.80. The van der Waals surface area contributed by atoms with Crippen LogP contribution in [0.3, 0.4) is 0 Å². The zero-order chi connectivity index (χ0) is 29.0. The van der Waals surface area contributed by atoms with Gasteiger partial charge in [0.15, 0.2) is 0 Å². The summed E-state index contributed by atoms with van der Waals surface area (Å²) in [6, 6.07) is 12.8. The summed E-state index contributed by atoms with van der Waals surface area (Å²) in [6.07, 6.45) is -3.16. The molecular formula is C29H26F3N5O3. The summed E-state index contributed by atoms with van der Waals surface area (Å²) in [5.74, 6) is -1.39. The first kappa shape index (κ1) is 28.5. The van der Waals surface area contributed by atoms with Crippen molar-refractivity contribution in [2.75, 3.05) is 37.6 Å². The fraction of sp³-hybridized carbons (Fsp3) is 0.345. The normalized spacial score (nSPS) is 16.4. The number of hydrogen-bond acceptors (Lipinski definition) is 6. The second-order valence-corrected chi connectivity index (χ2v) is 9.67. The number of carbonyl (C=O) groups is 3. The van der Waals surface area contributed by atoms with E-state index >= 15 is 0 Å². The first-order valence-corrected chi connectivity index (χ1v) is 12.8. The molecule has 2 aromatic carbocycles. The smallest absolute Gasteiger partial charge is 0.336 e. The number of carbonyl (C=O) groups excluding carboxylic acids is 3. The van der Waals surface area contributed by atoms with Crippen LogP contribution in [-0.2, 0) is 15.8 Å². The van der Waals surface area contributed by atoms with Crippen molar-refractivity contribution in [3.63, 3.8) is 0 Å². The van der Waals surface area contributed by atoms with Gasteiger partial charge in [-0.3, -0.25) is 19.3 Å². The summed E-state index contributed by atoms with van der Waals surface area (Å²) in [5, 5.41) is 17.9. The van der Waals surface area contributed by atoms with Crippen LogP contribution in [0, 0.1) is 22.7 Å². The van der Waals surface area contributed by atoms with Gasteiger partial charge in [0.1, 0.15) is 0 Å². The van der Waals surface area contributed by atoms with Crippen LogP contribution in [0.25, 0.3) is 0 Å². The lowest BCUT2D eigenvalue weighted by Crippen LogP contribution is -2.48. The van der Waals surface area contributed by atoms with E-state index in [1.165, 1.54) is 19.1 Å². The molecule has 0 bridgehead atoms. The molecule has 40 heavy (non-hydrogen) atoms. The van der Waals surface area contributed by atoms with Gasteiger partial charge in [-0.25, -0.2) is 4.90 Å². The van der Waals surface area contributed by atoms with Gasteiger partial charge in [-0.15, -0.1) is 0 Å². The first-order valence-electron chi connectivity index (χ1n) is 12.8. The third kappa shape index (κ3) is 5.90. The van der Waals surface area contributed by atoms with Crippen molar-refractivity contribution in [2.45, 2.75) is 32.4 Å². The van der Waals surface area contributed by atoms with Crippen molar-refractivity contribution < 1.29 is 27.6 Å². The van der Waals surface area contributed by atoms with Crippen molar-refractivity contribution in [1.82, 2.24) is 9.80 Å². The monoisotopic (exact) mass is 549 g/mol. The Balaban J connectivity index is 1.28. The molecule has 8 nitrogen and oxygen atoms in total. The molecule has 0 spiro atoms. The van der Waals surface area contributed by atoms with E-state index in [0.29, 0.717) is 56.2 Å². The summed E-state index contributed by atoms with van der Waals surface area (Å²) in [5.41, 5.74) is -0.481. The highest BCUT2D eigenvalue weighted by molar-refractivity contribution is 6.32. The van der Waals surface area contributed by atoms with E-state index in [-0.39, 0.29) is 22.7 Å². The Labute approximate surface area is 229 Å². The van der Waals surface area contributed by atoms with Crippen LogP contribution in [-0.4, -0.2) is 60.2 Å². The van der Waals surface area contributed by atoms with Crippen LogP contribution in [0.2, 0.25) is 0 Å². The molecule has 0 radical (unpaired) electrons. The largest absolute Gasteiger partial charge is 0.417 e. The first-order chi connectivity index (χ1) is 19.0. The maximum absolute atomic E-state index is 13.4. The highest BCUT2D eigenvalue weighted by atomic mass is 19.4. The lowest BCUT2D eigenvalue weighted by Gasteiger charge is -2.34. The number of halogens is 3. The number of imide groups is 1. The zero-order valence-corrected chi connectivity index (χ0v) is 21.8. The molecule has 0 aromatic heterocycles. The van der Waals surface area contributed by atoms with E-state index in [1.54, 1.807) is 29.2 Å². The van der Waals surface area contributed by atoms with E-state index in [1.807, 2.05) is 6.07 Å². The highest BCUT2D eigenvalue weighted by Crippen LogP contribution is 2.36. The minimum absolute atomic E-state index is 0.0786. The zero-order valence-electron chi connectivity index (χ0n) is 21.8. The molecule has 0 unspecified atom stereocenters. The number of amides is 3. The van der Waals surface area contributed by atoms with E-state index in [4.69, 9.17) is 10.5 Å². The lowest BCUT2D eigenvalue weighted by atomic mass is 10.0. The van der Waals surface area contributed by atoms with Gasteiger partial charge in [-0.05, 0) is 75.2 Å². The Bertz CT molecular complexity index is 1440. The van der Waals surface area contributed by atoms with Gasteiger partial charge >= 0.3 is 6.18 Å². The molecular weight excluding hydrogens is 523 g/mol. The van der Waals surface area contributed by atoms with E-state index in [0.717, 1.165) is 23.9 Å². The minimum Gasteiger partial charge on any atom is -0.336 e. The predicted octanol–water partition coefficient (Wildman–Crippen LogP) is 4.27. The SMILES string of the molecule is CC1=C(CCCCN2CCN(C(=O)c3ccc(C#N)cc3)CC2)C(=O)N(c2ccc(C#N)c(C(F)(F)F)c2)C1=O. The van der Waals surface area contributed by atoms with E-state index < -0.39 is 29.1 Å². The van der Waals surface area contributed by atoms with Crippen LogP contribution >= 0.6 is 0 Å². The standard InChI is InChI=1S/C29H26F3N5O3/c1-19-24(28(40)37(26(19)38)23-10-9-22(18-34)25(16-23)29(30,31)32)4-2-3-11-35-12-14-36(15-13-35)27(39)21-7-5-20(17-33)6-8-21/h5-10,16H,2-4,11-15H2,1H3. The molecule has 206 valence electrons. The molecule has 11 heteroatoms. The molecule has 0 atom stereocenters. The van der Waals surface area contributed by atoms with Crippen LogP contribution < -0.4 is 4.90 Å². The number of alkyl halides is 3. The molecule has 2 aromatic rings. The number of nitriles is 2. The number of hydrogen-bond donors (Lipinski definition) is 0. The molecule has 0 N–H and O–H groups in total. The number of unbranched alkanes of at least 4 members (excludes halogenated alkanes) is 1. The highest BCUT2D eigenvalue weighted by Gasteiger charge is 2.39. The number of piperazine rings is 1. The van der Waals surface area contributed by atoms with Crippen molar-refractivity contribution in [2.24, 2.45) is 0 Å². The molecule has 2 aliphatic rings. The van der Waals surface area contributed by atoms with Crippen molar-refractivity contribution >= 4 is 23.4 Å². The summed E-state index contributed by atoms with van der Waals surface area (Å²) < 4.78 is 40.2. The Hall–Kier alpha value is -4.48. The fourth-order valence-electron chi connectivity index (χ4n) is 4.90. The Morgan fingerprint density at radius 3 is 2.20 bits per heavy atom. The van der Waals surface area contributed by atoms with Gasteiger partial charge in [0.05, 0.1) is 34.5 Å². The number of benzene rings is 2. The average molecular weight is 550 g/mol. The Kier molecular flexibility index (Phi) is 8.36. The van der Waals surface area contributed by atoms with E-state index in [9.17, 15) is 27.6 Å². The number of nitrogens with zero attached hydrogens (tertiary/aromatic N) is 5. The third-order valence-electron chi connectivity index (χ3n) is 7.20. The predicted molar refractivity (Wildman–Crippen MR) is 139 cm³/mol. The molecule has 1 saturated heterocycles. The van der Waals surface area contributed by atoms with Crippen LogP contribution in [0.4, 0.5) is 18.9 Å². The summed E-state index contributed by atoms with van der Waals surface area (Å²) in [7, 11) is 0. The molecule has 0 saturated carbocycles. The average Bonchev–Trinajstić information content (AvgIpc) is 3.17. The van der Waals surface area contributed by atoms with Gasteiger partial charge in [0, 0.05) is 42.9 Å². The summed E-state index contributed by atoms with van der Waals surface area (Å²) in [6.45, 7) is 4.74. The van der Waals surface area contributed by atoms with E-state index in [2.05, 4.69) is 4.90 Å². The third-order valence-corrected chi connectivity index (χ3v) is 7.20. The van der Waals surface area contributed by atoms with Gasteiger partial charge in [-0.1, -0.05) is 0 Å². The molecule has 2 aliphatic heterocycles. The van der Waals surface area contributed by atoms with Gasteiger partial charge in [0.25, 0.3) is 17.7 Å². The Morgan fingerprint density at radius 2 is 1.60 bits per heavy atom. The van der Waals surface area contributed by atoms with Crippen LogP contribution in [0.5, 0.6) is 0 Å². The van der Waals surface area contributed by atoms with Gasteiger partial charge in [0.2, 0.25) is 0 Å². The maximum Gasteiger partial charge on any atom is 0.417 e. The van der Waals surface area contributed by atoms with Crippen molar-refractivity contribution in [1.29, 1.82) is 10.5 Å². The molecule has 1 fully saturated rings. The molecule has 4 rings (SSSR count). The number of rotatable bonds is 7. The van der Waals surface area contributed by atoms with Crippen molar-refractivity contribution in [3.8, 4) is 12.1 Å². The molecule has 0 aliphatic carbocycles. The second-order valence-electron chi connectivity index (χ2n) is 9.67. The maximum atomic E-state index is 13.4. The molecule has 3 amide bonds. The van der Waals surface area contributed by atoms with Gasteiger partial charge in [-0.2, -0.15) is 23.7 Å². The van der Waals surface area contributed by atoms with Gasteiger partial charge < -0.3 is 4.90 Å². The van der Waals surface area contributed by atoms with Crippen LogP contribution in [0.15, 0.2) is 53.6 Å². The Morgan fingerprint density at radius 1 is 0.925 bits per heavy atom. The summed E-state index contributed by atoms with van der Waals surface area (Å²) in [4.78, 5) is 43.3. The quantitative estimate of drug-likeness (QED) is 0.377. The second kappa shape index (κ2) is 11.7.